The lowest BCUT2D eigenvalue weighted by molar-refractivity contribution is 0.483. The molecule has 0 atom stereocenters. The summed E-state index contributed by atoms with van der Waals surface area (Å²) in [5, 5.41) is 0. The van der Waals surface area contributed by atoms with Gasteiger partial charge in [-0.15, -0.1) is 0 Å². The second-order valence-corrected chi connectivity index (χ2v) is 6.00. The van der Waals surface area contributed by atoms with Crippen LogP contribution < -0.4 is 4.74 Å². The number of aromatic amines is 1. The number of hydrogen-bond donors (Lipinski definition) is 1. The predicted octanol–water partition coefficient (Wildman–Crippen LogP) is 5.99. The van der Waals surface area contributed by atoms with Crippen molar-refractivity contribution in [3.05, 3.63) is 95.9 Å². The maximum absolute atomic E-state index is 5.83. The summed E-state index contributed by atoms with van der Waals surface area (Å²) in [6.07, 6.45) is 2.02. The second kappa shape index (κ2) is 6.79. The van der Waals surface area contributed by atoms with Gasteiger partial charge in [0.25, 0.3) is 0 Å². The fraction of sp³-hybridized carbons (Fsp3) is 0. The van der Waals surface area contributed by atoms with Crippen LogP contribution in [0.1, 0.15) is 0 Å². The maximum atomic E-state index is 5.83. The Kier molecular flexibility index (Phi) is 4.19. The molecule has 0 fully saturated rings. The van der Waals surface area contributed by atoms with Gasteiger partial charge < -0.3 is 9.72 Å². The fourth-order valence-electron chi connectivity index (χ4n) is 2.65. The van der Waals surface area contributed by atoms with Crippen LogP contribution in [-0.4, -0.2) is 9.55 Å². The van der Waals surface area contributed by atoms with Crippen molar-refractivity contribution in [3.8, 4) is 28.4 Å². The van der Waals surface area contributed by atoms with Crippen molar-refractivity contribution in [2.45, 2.75) is 0 Å². The van der Waals surface area contributed by atoms with Crippen LogP contribution in [0.25, 0.3) is 16.9 Å². The fourth-order valence-corrected chi connectivity index (χ4v) is 2.92. The average Bonchev–Trinajstić information content (AvgIpc) is 3.06. The molecule has 1 N–H and O–H groups in total. The minimum absolute atomic E-state index is 0.672. The maximum Gasteiger partial charge on any atom is 0.182 e. The van der Waals surface area contributed by atoms with Gasteiger partial charge in [-0.2, -0.15) is 0 Å². The molecule has 25 heavy (non-hydrogen) atoms. The van der Waals surface area contributed by atoms with Gasteiger partial charge in [-0.05, 0) is 66.3 Å². The Balaban J connectivity index is 1.60. The van der Waals surface area contributed by atoms with Crippen LogP contribution in [0.2, 0.25) is 0 Å². The summed E-state index contributed by atoms with van der Waals surface area (Å²) >= 11 is 5.45. The largest absolute Gasteiger partial charge is 0.457 e. The zero-order valence-electron chi connectivity index (χ0n) is 13.4. The molecule has 3 nitrogen and oxygen atoms in total. The van der Waals surface area contributed by atoms with Crippen molar-refractivity contribution < 1.29 is 4.74 Å². The molecule has 0 aliphatic carbocycles. The van der Waals surface area contributed by atoms with E-state index in [-0.39, 0.29) is 0 Å². The molecular weight excluding hydrogens is 328 g/mol. The number of benzene rings is 3. The van der Waals surface area contributed by atoms with E-state index in [9.17, 15) is 0 Å². The van der Waals surface area contributed by atoms with Gasteiger partial charge in [0, 0.05) is 11.9 Å². The molecule has 0 radical (unpaired) electrons. The van der Waals surface area contributed by atoms with Gasteiger partial charge in [0.1, 0.15) is 11.5 Å². The number of nitrogens with one attached hydrogen (secondary N) is 1. The molecular formula is C21H16N2OS. The summed E-state index contributed by atoms with van der Waals surface area (Å²) in [5.74, 6) is 1.63. The lowest BCUT2D eigenvalue weighted by Gasteiger charge is -2.06. The first-order valence-corrected chi connectivity index (χ1v) is 8.41. The van der Waals surface area contributed by atoms with Crippen molar-refractivity contribution in [2.75, 3.05) is 0 Å². The van der Waals surface area contributed by atoms with E-state index >= 15 is 0 Å². The van der Waals surface area contributed by atoms with E-state index in [0.717, 1.165) is 28.4 Å². The van der Waals surface area contributed by atoms with Crippen molar-refractivity contribution in [1.82, 2.24) is 9.55 Å². The predicted molar refractivity (Wildman–Crippen MR) is 103 cm³/mol. The first kappa shape index (κ1) is 15.4. The molecule has 0 aliphatic rings. The monoisotopic (exact) mass is 344 g/mol. The van der Waals surface area contributed by atoms with Crippen molar-refractivity contribution >= 4 is 12.2 Å². The molecule has 0 bridgehead atoms. The average molecular weight is 344 g/mol. The highest BCUT2D eigenvalue weighted by molar-refractivity contribution is 7.71. The van der Waals surface area contributed by atoms with E-state index in [2.05, 4.69) is 4.98 Å². The number of hydrogen-bond acceptors (Lipinski definition) is 2. The molecule has 1 aromatic heterocycles. The highest BCUT2D eigenvalue weighted by Gasteiger charge is 2.05. The Hall–Kier alpha value is -3.11. The summed E-state index contributed by atoms with van der Waals surface area (Å²) in [5.41, 5.74) is 3.07. The second-order valence-electron chi connectivity index (χ2n) is 5.62. The van der Waals surface area contributed by atoms with Crippen LogP contribution in [-0.2, 0) is 0 Å². The summed E-state index contributed by atoms with van der Waals surface area (Å²) in [7, 11) is 0. The Bertz CT molecular complexity index is 1020. The highest BCUT2D eigenvalue weighted by Crippen LogP contribution is 2.25. The van der Waals surface area contributed by atoms with Gasteiger partial charge in [0.2, 0.25) is 0 Å². The number of H-pyrrole nitrogens is 1. The Morgan fingerprint density at radius 3 is 2.00 bits per heavy atom. The molecule has 0 amide bonds. The topological polar surface area (TPSA) is 29.9 Å². The minimum atomic E-state index is 0.672. The number of nitrogens with zero attached hydrogens (tertiary/aromatic N) is 1. The van der Waals surface area contributed by atoms with Gasteiger partial charge in [-0.3, -0.25) is 4.57 Å². The summed E-state index contributed by atoms with van der Waals surface area (Å²) in [6, 6.07) is 27.8. The van der Waals surface area contributed by atoms with E-state index in [4.69, 9.17) is 17.0 Å². The van der Waals surface area contributed by atoms with Crippen LogP contribution in [0.15, 0.2) is 91.1 Å². The van der Waals surface area contributed by atoms with Crippen LogP contribution in [0.3, 0.4) is 0 Å². The van der Waals surface area contributed by atoms with Gasteiger partial charge in [-0.25, -0.2) is 0 Å². The molecule has 0 aliphatic heterocycles. The van der Waals surface area contributed by atoms with E-state index in [1.54, 1.807) is 0 Å². The van der Waals surface area contributed by atoms with E-state index in [1.165, 1.54) is 0 Å². The number of imidazole rings is 1. The Morgan fingerprint density at radius 1 is 0.720 bits per heavy atom. The van der Waals surface area contributed by atoms with Crippen LogP contribution in [0, 0.1) is 4.77 Å². The van der Waals surface area contributed by atoms with Gasteiger partial charge in [0.05, 0.1) is 5.69 Å². The standard InChI is InChI=1S/C21H16N2OS/c25-21-22-20(15-23(21)17-7-3-1-4-8-17)16-11-13-19(14-12-16)24-18-9-5-2-6-10-18/h1-15H,(H,22,25). The molecule has 122 valence electrons. The van der Waals surface area contributed by atoms with Gasteiger partial charge in [0.15, 0.2) is 4.77 Å². The zero-order valence-corrected chi connectivity index (χ0v) is 14.2. The summed E-state index contributed by atoms with van der Waals surface area (Å²) < 4.78 is 8.47. The van der Waals surface area contributed by atoms with E-state index in [1.807, 2.05) is 95.7 Å². The first-order chi connectivity index (χ1) is 12.3. The third-order valence-electron chi connectivity index (χ3n) is 3.90. The number of rotatable bonds is 4. The van der Waals surface area contributed by atoms with E-state index in [0.29, 0.717) is 4.77 Å². The number of ether oxygens (including phenoxy) is 1. The van der Waals surface area contributed by atoms with Crippen LogP contribution in [0.4, 0.5) is 0 Å². The molecule has 4 rings (SSSR count). The molecule has 0 spiro atoms. The third kappa shape index (κ3) is 3.39. The highest BCUT2D eigenvalue weighted by atomic mass is 32.1. The minimum Gasteiger partial charge on any atom is -0.457 e. The van der Waals surface area contributed by atoms with Crippen molar-refractivity contribution in [3.63, 3.8) is 0 Å². The van der Waals surface area contributed by atoms with E-state index < -0.39 is 0 Å². The third-order valence-corrected chi connectivity index (χ3v) is 4.20. The van der Waals surface area contributed by atoms with Crippen molar-refractivity contribution in [1.29, 1.82) is 0 Å². The van der Waals surface area contributed by atoms with Gasteiger partial charge in [-0.1, -0.05) is 36.4 Å². The zero-order chi connectivity index (χ0) is 17.1. The molecule has 4 heteroatoms. The first-order valence-electron chi connectivity index (χ1n) is 8.00. The number of para-hydroxylation sites is 2. The number of aromatic nitrogens is 2. The lowest BCUT2D eigenvalue weighted by Crippen LogP contribution is -1.90. The smallest absolute Gasteiger partial charge is 0.182 e. The molecule has 0 saturated heterocycles. The van der Waals surface area contributed by atoms with Crippen LogP contribution in [0.5, 0.6) is 11.5 Å². The quantitative estimate of drug-likeness (QED) is 0.461. The van der Waals surface area contributed by atoms with Crippen molar-refractivity contribution in [2.24, 2.45) is 0 Å². The van der Waals surface area contributed by atoms with Crippen LogP contribution >= 0.6 is 12.2 Å². The molecule has 0 saturated carbocycles. The molecule has 4 aromatic rings. The molecule has 3 aromatic carbocycles. The molecule has 0 unspecified atom stereocenters. The normalized spacial score (nSPS) is 10.6. The van der Waals surface area contributed by atoms with Gasteiger partial charge >= 0.3 is 0 Å². The summed E-state index contributed by atoms with van der Waals surface area (Å²) in [4.78, 5) is 3.27. The summed E-state index contributed by atoms with van der Waals surface area (Å²) in [6.45, 7) is 0. The lowest BCUT2D eigenvalue weighted by atomic mass is 10.1. The molecule has 1 heterocycles. The SMILES string of the molecule is S=c1[nH]c(-c2ccc(Oc3ccccc3)cc2)cn1-c1ccccc1. The Labute approximate surface area is 151 Å². The Morgan fingerprint density at radius 2 is 1.32 bits per heavy atom.